The summed E-state index contributed by atoms with van der Waals surface area (Å²) in [5.74, 6) is 0. The molecule has 0 unspecified atom stereocenters. The molecular weight excluding hydrogens is 147 g/mol. The molecule has 0 aliphatic carbocycles. The van der Waals surface area contributed by atoms with Gasteiger partial charge in [0.25, 0.3) is 0 Å². The molecule has 0 spiro atoms. The molecule has 0 aromatic heterocycles. The van der Waals surface area contributed by atoms with E-state index < -0.39 is 12.4 Å². The summed E-state index contributed by atoms with van der Waals surface area (Å²) in [4.78, 5) is 0. The molecule has 0 saturated carbocycles. The maximum Gasteiger partial charge on any atom is 1.00 e. The SMILES string of the molecule is F[B-](F)(F)c1ccccc1.[Li+]. The Kier molecular flexibility index (Phi) is 3.78. The average Bonchev–Trinajstić information content (AvgIpc) is 1.88. The quantitative estimate of drug-likeness (QED) is 0.440. The normalized spacial score (nSPS) is 10.5. The van der Waals surface area contributed by atoms with E-state index in [4.69, 9.17) is 0 Å². The van der Waals surface area contributed by atoms with E-state index >= 15 is 0 Å². The van der Waals surface area contributed by atoms with Gasteiger partial charge < -0.3 is 12.9 Å². The Morgan fingerprint density at radius 1 is 0.909 bits per heavy atom. The molecule has 0 bridgehead atoms. The van der Waals surface area contributed by atoms with Gasteiger partial charge in [0, 0.05) is 0 Å². The summed E-state index contributed by atoms with van der Waals surface area (Å²) in [6.45, 7) is -4.80. The molecule has 0 fully saturated rings. The first kappa shape index (κ1) is 10.7. The molecule has 1 aromatic carbocycles. The molecule has 0 heterocycles. The molecule has 54 valence electrons. The molecule has 0 saturated heterocycles. The summed E-state index contributed by atoms with van der Waals surface area (Å²) < 4.78 is 35.6. The average molecular weight is 152 g/mol. The monoisotopic (exact) mass is 152 g/mol. The van der Waals surface area contributed by atoms with Gasteiger partial charge in [-0.15, -0.1) is 5.46 Å². The van der Waals surface area contributed by atoms with Crippen LogP contribution in [0.3, 0.4) is 0 Å². The minimum atomic E-state index is -4.80. The van der Waals surface area contributed by atoms with E-state index in [1.807, 2.05) is 0 Å². The van der Waals surface area contributed by atoms with Crippen LogP contribution in [0.2, 0.25) is 0 Å². The summed E-state index contributed by atoms with van der Waals surface area (Å²) in [5, 5.41) is 0. The third-order valence-corrected chi connectivity index (χ3v) is 1.18. The molecule has 0 amide bonds. The molecule has 5 heteroatoms. The molecule has 0 aliphatic rings. The molecule has 1 aromatic rings. The van der Waals surface area contributed by atoms with Gasteiger partial charge in [-0.1, -0.05) is 30.3 Å². The summed E-state index contributed by atoms with van der Waals surface area (Å²) in [6.07, 6.45) is 0. The number of benzene rings is 1. The Hall–Kier alpha value is -0.328. The molecule has 0 atom stereocenters. The van der Waals surface area contributed by atoms with Crippen LogP contribution in [0, 0.1) is 0 Å². The predicted octanol–water partition coefficient (Wildman–Crippen LogP) is -1.25. The molecule has 0 nitrogen and oxygen atoms in total. The number of halogens is 3. The van der Waals surface area contributed by atoms with Crippen molar-refractivity contribution in [1.82, 2.24) is 0 Å². The summed E-state index contributed by atoms with van der Waals surface area (Å²) in [7, 11) is 0. The number of hydrogen-bond donors (Lipinski definition) is 0. The smallest absolute Gasteiger partial charge is 0.445 e. The zero-order valence-electron chi connectivity index (χ0n) is 6.10. The van der Waals surface area contributed by atoms with Gasteiger partial charge in [0.15, 0.2) is 0 Å². The molecular formula is C6H5BF3Li. The van der Waals surface area contributed by atoms with Crippen molar-refractivity contribution in [3.63, 3.8) is 0 Å². The van der Waals surface area contributed by atoms with E-state index in [0.29, 0.717) is 0 Å². The van der Waals surface area contributed by atoms with Gasteiger partial charge >= 0.3 is 25.8 Å². The van der Waals surface area contributed by atoms with E-state index in [1.165, 1.54) is 12.1 Å². The fourth-order valence-corrected chi connectivity index (χ4v) is 0.671. The minimum Gasteiger partial charge on any atom is -0.445 e. The Morgan fingerprint density at radius 3 is 1.64 bits per heavy atom. The fourth-order valence-electron chi connectivity index (χ4n) is 0.671. The van der Waals surface area contributed by atoms with Crippen molar-refractivity contribution in [3.05, 3.63) is 30.3 Å². The van der Waals surface area contributed by atoms with Crippen molar-refractivity contribution >= 4 is 12.4 Å². The van der Waals surface area contributed by atoms with E-state index in [1.54, 1.807) is 6.07 Å². The molecule has 11 heavy (non-hydrogen) atoms. The van der Waals surface area contributed by atoms with Crippen molar-refractivity contribution in [2.24, 2.45) is 0 Å². The van der Waals surface area contributed by atoms with Gasteiger partial charge in [0.1, 0.15) is 0 Å². The van der Waals surface area contributed by atoms with Crippen LogP contribution in [-0.2, 0) is 0 Å². The first-order valence-electron chi connectivity index (χ1n) is 2.85. The van der Waals surface area contributed by atoms with Crippen LogP contribution in [-0.4, -0.2) is 6.98 Å². The van der Waals surface area contributed by atoms with Crippen molar-refractivity contribution in [1.29, 1.82) is 0 Å². The van der Waals surface area contributed by atoms with Crippen molar-refractivity contribution in [2.45, 2.75) is 0 Å². The van der Waals surface area contributed by atoms with Gasteiger partial charge in [-0.2, -0.15) is 0 Å². The fraction of sp³-hybridized carbons (Fsp3) is 0. The number of hydrogen-bond acceptors (Lipinski definition) is 0. The van der Waals surface area contributed by atoms with Crippen molar-refractivity contribution < 1.29 is 31.8 Å². The van der Waals surface area contributed by atoms with Crippen LogP contribution < -0.4 is 24.3 Å². The van der Waals surface area contributed by atoms with Gasteiger partial charge in [-0.25, -0.2) is 0 Å². The summed E-state index contributed by atoms with van der Waals surface area (Å²) in [6, 6.07) is 6.46. The Bertz CT molecular complexity index is 209. The van der Waals surface area contributed by atoms with Crippen LogP contribution in [0.4, 0.5) is 12.9 Å². The van der Waals surface area contributed by atoms with Gasteiger partial charge in [-0.3, -0.25) is 0 Å². The summed E-state index contributed by atoms with van der Waals surface area (Å²) in [5.41, 5.74) is -0.539. The van der Waals surface area contributed by atoms with Crippen molar-refractivity contribution in [2.75, 3.05) is 0 Å². The standard InChI is InChI=1S/C6H5BF3.Li/c8-7(9,10)6-4-2-1-3-5-6;/h1-5H;/q-1;+1. The topological polar surface area (TPSA) is 0 Å². The third kappa shape index (κ3) is 3.05. The van der Waals surface area contributed by atoms with Gasteiger partial charge in [0.05, 0.1) is 0 Å². The predicted molar refractivity (Wildman–Crippen MR) is 35.2 cm³/mol. The maximum absolute atomic E-state index is 11.9. The van der Waals surface area contributed by atoms with Crippen LogP contribution in [0.5, 0.6) is 0 Å². The van der Waals surface area contributed by atoms with Crippen molar-refractivity contribution in [3.8, 4) is 0 Å². The molecule has 0 aliphatic heterocycles. The minimum absolute atomic E-state index is 0. The second kappa shape index (κ2) is 3.89. The maximum atomic E-state index is 11.9. The summed E-state index contributed by atoms with van der Waals surface area (Å²) >= 11 is 0. The Balaban J connectivity index is 0.000001000. The zero-order chi connectivity index (χ0) is 7.61. The zero-order valence-corrected chi connectivity index (χ0v) is 6.10. The Labute approximate surface area is 75.0 Å². The Morgan fingerprint density at radius 2 is 1.36 bits per heavy atom. The first-order chi connectivity index (χ1) is 4.61. The van der Waals surface area contributed by atoms with Crippen LogP contribution in [0.25, 0.3) is 0 Å². The molecule has 0 N–H and O–H groups in total. The molecule has 0 radical (unpaired) electrons. The first-order valence-corrected chi connectivity index (χ1v) is 2.85. The van der Waals surface area contributed by atoms with Crippen LogP contribution >= 0.6 is 0 Å². The second-order valence-electron chi connectivity index (χ2n) is 1.99. The second-order valence-corrected chi connectivity index (χ2v) is 1.99. The number of rotatable bonds is 1. The van der Waals surface area contributed by atoms with E-state index in [-0.39, 0.29) is 18.9 Å². The van der Waals surface area contributed by atoms with E-state index in [9.17, 15) is 12.9 Å². The molecule has 1 rings (SSSR count). The van der Waals surface area contributed by atoms with E-state index in [2.05, 4.69) is 0 Å². The largest absolute Gasteiger partial charge is 1.00 e. The van der Waals surface area contributed by atoms with Gasteiger partial charge in [0.2, 0.25) is 0 Å². The third-order valence-electron chi connectivity index (χ3n) is 1.18. The van der Waals surface area contributed by atoms with Gasteiger partial charge in [-0.05, 0) is 0 Å². The van der Waals surface area contributed by atoms with Crippen LogP contribution in [0.15, 0.2) is 30.3 Å². The van der Waals surface area contributed by atoms with E-state index in [0.717, 1.165) is 12.1 Å². The van der Waals surface area contributed by atoms with Crippen LogP contribution in [0.1, 0.15) is 0 Å².